The normalized spacial score (nSPS) is 42.7. The lowest BCUT2D eigenvalue weighted by Crippen LogP contribution is -2.54. The van der Waals surface area contributed by atoms with Crippen LogP contribution < -0.4 is 0 Å². The quantitative estimate of drug-likeness (QED) is 0.337. The van der Waals surface area contributed by atoms with E-state index in [4.69, 9.17) is 9.47 Å². The Balaban J connectivity index is 1.62. The predicted molar refractivity (Wildman–Crippen MR) is 135 cm³/mol. The molecular weight excluding hydrogens is 440 g/mol. The highest BCUT2D eigenvalue weighted by molar-refractivity contribution is 5.89. The van der Waals surface area contributed by atoms with Crippen LogP contribution in [0.15, 0.2) is 11.6 Å². The van der Waals surface area contributed by atoms with Crippen molar-refractivity contribution in [1.82, 2.24) is 0 Å². The Morgan fingerprint density at radius 1 is 1.06 bits per heavy atom. The van der Waals surface area contributed by atoms with Gasteiger partial charge in [-0.1, -0.05) is 53.2 Å². The first-order chi connectivity index (χ1) is 16.2. The van der Waals surface area contributed by atoms with Crippen molar-refractivity contribution in [3.8, 4) is 0 Å². The molecule has 0 amide bonds. The van der Waals surface area contributed by atoms with Crippen LogP contribution in [0.1, 0.15) is 99.8 Å². The van der Waals surface area contributed by atoms with Gasteiger partial charge in [0.25, 0.3) is 0 Å². The van der Waals surface area contributed by atoms with Crippen LogP contribution >= 0.6 is 0 Å². The summed E-state index contributed by atoms with van der Waals surface area (Å²) >= 11 is 0. The van der Waals surface area contributed by atoms with Gasteiger partial charge in [-0.3, -0.25) is 14.4 Å². The van der Waals surface area contributed by atoms with Crippen molar-refractivity contribution in [1.29, 1.82) is 0 Å². The SMILES string of the molecule is COC(=O)CC[C@@H](C)[C@H]1CC=C2[C@]1(C)C[C@H]1C(=O)[C@@]3(C)CC[C@H](OC(C)=O)C(C)(C)[C@@H]3CC[C@]21C. The number of methoxy groups -OCH3 is 1. The summed E-state index contributed by atoms with van der Waals surface area (Å²) in [6.45, 7) is 15.1. The Bertz CT molecular complexity index is 933. The minimum atomic E-state index is -0.385. The molecule has 196 valence electrons. The highest BCUT2D eigenvalue weighted by Crippen LogP contribution is 2.71. The number of ketones is 1. The first-order valence-corrected chi connectivity index (χ1v) is 13.7. The van der Waals surface area contributed by atoms with Gasteiger partial charge in [-0.25, -0.2) is 0 Å². The largest absolute Gasteiger partial charge is 0.469 e. The van der Waals surface area contributed by atoms with E-state index in [0.717, 1.165) is 44.9 Å². The fourth-order valence-electron chi connectivity index (χ4n) is 9.38. The summed E-state index contributed by atoms with van der Waals surface area (Å²) in [6.07, 6.45) is 9.08. The van der Waals surface area contributed by atoms with Crippen LogP contribution in [0.4, 0.5) is 0 Å². The third kappa shape index (κ3) is 3.91. The molecule has 3 fully saturated rings. The Hall–Kier alpha value is -1.65. The number of Topliss-reactive ketones (excluding diaryl/α,β-unsaturated/α-hetero) is 1. The lowest BCUT2D eigenvalue weighted by atomic mass is 9.52. The van der Waals surface area contributed by atoms with E-state index < -0.39 is 0 Å². The van der Waals surface area contributed by atoms with Gasteiger partial charge in [-0.05, 0) is 73.5 Å². The molecule has 4 aliphatic carbocycles. The molecule has 0 N–H and O–H groups in total. The van der Waals surface area contributed by atoms with Crippen LogP contribution in [0.25, 0.3) is 0 Å². The van der Waals surface area contributed by atoms with Crippen LogP contribution in [0.3, 0.4) is 0 Å². The van der Waals surface area contributed by atoms with Crippen molar-refractivity contribution < 1.29 is 23.9 Å². The maximum absolute atomic E-state index is 14.5. The molecular formula is C30H46O5. The van der Waals surface area contributed by atoms with Crippen molar-refractivity contribution >= 4 is 17.7 Å². The molecule has 0 radical (unpaired) electrons. The number of ether oxygens (including phenoxy) is 2. The van der Waals surface area contributed by atoms with Gasteiger partial charge in [0.1, 0.15) is 11.9 Å². The van der Waals surface area contributed by atoms with Crippen LogP contribution in [-0.2, 0) is 23.9 Å². The fraction of sp³-hybridized carbons (Fsp3) is 0.833. The molecule has 0 aromatic heterocycles. The minimum absolute atomic E-state index is 0.0122. The van der Waals surface area contributed by atoms with Crippen LogP contribution in [0.2, 0.25) is 0 Å². The second kappa shape index (κ2) is 8.73. The Labute approximate surface area is 211 Å². The molecule has 0 unspecified atom stereocenters. The van der Waals surface area contributed by atoms with Crippen LogP contribution in [-0.4, -0.2) is 30.9 Å². The summed E-state index contributed by atoms with van der Waals surface area (Å²) < 4.78 is 10.7. The molecule has 0 aromatic carbocycles. The van der Waals surface area contributed by atoms with Crippen LogP contribution in [0, 0.1) is 45.3 Å². The molecule has 0 heterocycles. The predicted octanol–water partition coefficient (Wildman–Crippen LogP) is 6.29. The van der Waals surface area contributed by atoms with Gasteiger partial charge in [0.05, 0.1) is 7.11 Å². The molecule has 0 saturated heterocycles. The number of fused-ring (bicyclic) bond motifs is 4. The van der Waals surface area contributed by atoms with Crippen LogP contribution in [0.5, 0.6) is 0 Å². The number of esters is 2. The zero-order valence-corrected chi connectivity index (χ0v) is 23.2. The monoisotopic (exact) mass is 486 g/mol. The van der Waals surface area contributed by atoms with Crippen molar-refractivity contribution in [3.63, 3.8) is 0 Å². The molecule has 4 rings (SSSR count). The van der Waals surface area contributed by atoms with E-state index in [1.807, 2.05) is 0 Å². The molecule has 8 atom stereocenters. The number of carbonyl (C=O) groups excluding carboxylic acids is 3. The first kappa shape index (κ1) is 26.4. The molecule has 0 aliphatic heterocycles. The summed E-state index contributed by atoms with van der Waals surface area (Å²) in [5, 5.41) is 0. The lowest BCUT2D eigenvalue weighted by Gasteiger charge is -2.53. The maximum atomic E-state index is 14.5. The topological polar surface area (TPSA) is 69.7 Å². The van der Waals surface area contributed by atoms with Gasteiger partial charge in [0.2, 0.25) is 0 Å². The van der Waals surface area contributed by atoms with Crippen molar-refractivity contribution in [2.24, 2.45) is 45.3 Å². The highest BCUT2D eigenvalue weighted by Gasteiger charge is 2.67. The molecule has 0 aromatic rings. The fourth-order valence-corrected chi connectivity index (χ4v) is 9.38. The molecule has 3 saturated carbocycles. The van der Waals surface area contributed by atoms with Gasteiger partial charge in [0, 0.05) is 30.1 Å². The van der Waals surface area contributed by atoms with E-state index >= 15 is 0 Å². The van der Waals surface area contributed by atoms with Gasteiger partial charge in [-0.15, -0.1) is 0 Å². The minimum Gasteiger partial charge on any atom is -0.469 e. The van der Waals surface area contributed by atoms with E-state index in [2.05, 4.69) is 47.6 Å². The average molecular weight is 487 g/mol. The Morgan fingerprint density at radius 3 is 2.34 bits per heavy atom. The van der Waals surface area contributed by atoms with E-state index in [-0.39, 0.29) is 51.5 Å². The van der Waals surface area contributed by atoms with Crippen molar-refractivity contribution in [3.05, 3.63) is 11.6 Å². The number of rotatable bonds is 5. The van der Waals surface area contributed by atoms with Crippen molar-refractivity contribution in [2.45, 2.75) is 106 Å². The Kier molecular flexibility index (Phi) is 6.59. The molecule has 35 heavy (non-hydrogen) atoms. The van der Waals surface area contributed by atoms with Gasteiger partial charge in [-0.2, -0.15) is 0 Å². The van der Waals surface area contributed by atoms with E-state index in [9.17, 15) is 14.4 Å². The average Bonchev–Trinajstić information content (AvgIpc) is 3.21. The van der Waals surface area contributed by atoms with E-state index in [1.54, 1.807) is 0 Å². The van der Waals surface area contributed by atoms with Gasteiger partial charge < -0.3 is 9.47 Å². The zero-order chi connectivity index (χ0) is 26.0. The zero-order valence-electron chi connectivity index (χ0n) is 23.2. The summed E-state index contributed by atoms with van der Waals surface area (Å²) in [5.41, 5.74) is 0.773. The van der Waals surface area contributed by atoms with Gasteiger partial charge >= 0.3 is 11.9 Å². The summed E-state index contributed by atoms with van der Waals surface area (Å²) in [5.74, 6) is 1.16. The smallest absolute Gasteiger partial charge is 0.305 e. The summed E-state index contributed by atoms with van der Waals surface area (Å²) in [7, 11) is 1.45. The number of allylic oxidation sites excluding steroid dienone is 2. The van der Waals surface area contributed by atoms with E-state index in [1.165, 1.54) is 19.6 Å². The van der Waals surface area contributed by atoms with Gasteiger partial charge in [0.15, 0.2) is 0 Å². The Morgan fingerprint density at radius 2 is 1.71 bits per heavy atom. The number of hydrogen-bond donors (Lipinski definition) is 0. The molecule has 0 bridgehead atoms. The first-order valence-electron chi connectivity index (χ1n) is 13.7. The van der Waals surface area contributed by atoms with E-state index in [0.29, 0.717) is 24.0 Å². The lowest BCUT2D eigenvalue weighted by molar-refractivity contribution is -0.171. The summed E-state index contributed by atoms with van der Waals surface area (Å²) in [6, 6.07) is 0. The second-order valence-corrected chi connectivity index (χ2v) is 13.5. The summed E-state index contributed by atoms with van der Waals surface area (Å²) in [4.78, 5) is 38.1. The third-order valence-electron chi connectivity index (χ3n) is 11.3. The van der Waals surface area contributed by atoms with Crippen molar-refractivity contribution in [2.75, 3.05) is 7.11 Å². The maximum Gasteiger partial charge on any atom is 0.305 e. The third-order valence-corrected chi connectivity index (χ3v) is 11.3. The molecule has 5 heteroatoms. The highest BCUT2D eigenvalue weighted by atomic mass is 16.5. The standard InChI is InChI=1S/C30H46O5/c1-18(9-12-25(32)34-8)20-10-11-23-28(5)15-13-22-27(3,4)24(35-19(2)31)14-16-29(22,6)26(33)21(28)17-30(20,23)7/h11,18,20-22,24H,9-10,12-17H2,1-8H3/t18-,20-,21+,22+,24+,28+,29+,30-/m1/s1. The number of hydrogen-bond acceptors (Lipinski definition) is 5. The second-order valence-electron chi connectivity index (χ2n) is 13.5. The molecule has 4 aliphatic rings. The molecule has 0 spiro atoms. The number of carbonyl (C=O) groups is 3. The molecule has 5 nitrogen and oxygen atoms in total.